The highest BCUT2D eigenvalue weighted by Gasteiger charge is 2.15. The standard InChI is InChI=1S/C20H16N2O2S/c1-12-7-8-13(2)15(11-12)21-19(23)16-9-10-17(24-16)20-22-14-5-3-4-6-18(14)25-20/h3-11H,1-2H3,(H,21,23). The largest absolute Gasteiger partial charge is 0.448 e. The number of nitrogens with zero attached hydrogens (tertiary/aromatic N) is 1. The maximum atomic E-state index is 12.5. The van der Waals surface area contributed by atoms with Gasteiger partial charge in [0.15, 0.2) is 16.5 Å². The Kier molecular flexibility index (Phi) is 3.86. The number of fused-ring (bicyclic) bond motifs is 1. The number of carbonyl (C=O) groups is 1. The van der Waals surface area contributed by atoms with Crippen molar-refractivity contribution in [2.45, 2.75) is 13.8 Å². The quantitative estimate of drug-likeness (QED) is 0.537. The third-order valence-electron chi connectivity index (χ3n) is 3.98. The molecule has 0 aliphatic rings. The lowest BCUT2D eigenvalue weighted by Crippen LogP contribution is -2.11. The molecule has 0 spiro atoms. The van der Waals surface area contributed by atoms with Crippen LogP contribution in [0.2, 0.25) is 0 Å². The smallest absolute Gasteiger partial charge is 0.291 e. The zero-order chi connectivity index (χ0) is 17.4. The van der Waals surface area contributed by atoms with E-state index in [9.17, 15) is 4.79 Å². The average molecular weight is 348 g/mol. The van der Waals surface area contributed by atoms with Crippen molar-refractivity contribution in [2.24, 2.45) is 0 Å². The van der Waals surface area contributed by atoms with Crippen molar-refractivity contribution >= 4 is 33.1 Å². The zero-order valence-electron chi connectivity index (χ0n) is 13.9. The van der Waals surface area contributed by atoms with E-state index in [1.807, 2.05) is 56.3 Å². The molecule has 2 aromatic heterocycles. The topological polar surface area (TPSA) is 55.1 Å². The molecule has 25 heavy (non-hydrogen) atoms. The van der Waals surface area contributed by atoms with Crippen LogP contribution >= 0.6 is 11.3 Å². The number of aryl methyl sites for hydroxylation is 2. The highest BCUT2D eigenvalue weighted by Crippen LogP contribution is 2.31. The summed E-state index contributed by atoms with van der Waals surface area (Å²) in [4.78, 5) is 17.0. The molecule has 2 heterocycles. The number of rotatable bonds is 3. The molecule has 124 valence electrons. The summed E-state index contributed by atoms with van der Waals surface area (Å²) in [6.45, 7) is 3.96. The fraction of sp³-hybridized carbons (Fsp3) is 0.100. The molecule has 4 nitrogen and oxygen atoms in total. The Morgan fingerprint density at radius 3 is 2.76 bits per heavy atom. The Morgan fingerprint density at radius 2 is 1.92 bits per heavy atom. The SMILES string of the molecule is Cc1ccc(C)c(NC(=O)c2ccc(-c3nc4ccccc4s3)o2)c1. The predicted octanol–water partition coefficient (Wildman–Crippen LogP) is 5.43. The molecule has 5 heteroatoms. The van der Waals surface area contributed by atoms with Crippen LogP contribution in [0.25, 0.3) is 21.0 Å². The zero-order valence-corrected chi connectivity index (χ0v) is 14.7. The van der Waals surface area contributed by atoms with Crippen LogP contribution in [0.5, 0.6) is 0 Å². The van der Waals surface area contributed by atoms with Crippen LogP contribution in [0, 0.1) is 13.8 Å². The molecule has 2 aromatic carbocycles. The number of amides is 1. The monoisotopic (exact) mass is 348 g/mol. The van der Waals surface area contributed by atoms with Gasteiger partial charge in [-0.25, -0.2) is 4.98 Å². The molecule has 0 radical (unpaired) electrons. The van der Waals surface area contributed by atoms with E-state index in [-0.39, 0.29) is 11.7 Å². The Morgan fingerprint density at radius 1 is 1.08 bits per heavy atom. The summed E-state index contributed by atoms with van der Waals surface area (Å²) in [6.07, 6.45) is 0. The molecule has 0 saturated carbocycles. The minimum atomic E-state index is -0.263. The fourth-order valence-corrected chi connectivity index (χ4v) is 3.53. The lowest BCUT2D eigenvalue weighted by atomic mass is 10.1. The van der Waals surface area contributed by atoms with E-state index in [2.05, 4.69) is 10.3 Å². The molecular weight excluding hydrogens is 332 g/mol. The summed E-state index contributed by atoms with van der Waals surface area (Å²) < 4.78 is 6.83. The van der Waals surface area contributed by atoms with Gasteiger partial charge in [-0.15, -0.1) is 11.3 Å². The molecule has 1 amide bonds. The van der Waals surface area contributed by atoms with Crippen LogP contribution in [-0.4, -0.2) is 10.9 Å². The lowest BCUT2D eigenvalue weighted by Gasteiger charge is -2.07. The number of benzene rings is 2. The molecule has 0 unspecified atom stereocenters. The second-order valence-electron chi connectivity index (χ2n) is 5.92. The number of aromatic nitrogens is 1. The minimum Gasteiger partial charge on any atom is -0.448 e. The van der Waals surface area contributed by atoms with Crippen LogP contribution in [0.4, 0.5) is 5.69 Å². The summed E-state index contributed by atoms with van der Waals surface area (Å²) in [7, 11) is 0. The normalized spacial score (nSPS) is 11.0. The van der Waals surface area contributed by atoms with Gasteiger partial charge in [-0.2, -0.15) is 0 Å². The number of anilines is 1. The van der Waals surface area contributed by atoms with Gasteiger partial charge in [0.05, 0.1) is 10.2 Å². The van der Waals surface area contributed by atoms with Crippen LogP contribution in [-0.2, 0) is 0 Å². The number of thiazole rings is 1. The first-order chi connectivity index (χ1) is 12.1. The maximum Gasteiger partial charge on any atom is 0.291 e. The number of carbonyl (C=O) groups excluding carboxylic acids is 1. The van der Waals surface area contributed by atoms with E-state index >= 15 is 0 Å². The summed E-state index contributed by atoms with van der Waals surface area (Å²) >= 11 is 1.55. The van der Waals surface area contributed by atoms with Gasteiger partial charge in [0.2, 0.25) is 0 Å². The first kappa shape index (κ1) is 15.6. The van der Waals surface area contributed by atoms with Gasteiger partial charge >= 0.3 is 0 Å². The van der Waals surface area contributed by atoms with Gasteiger partial charge in [-0.05, 0) is 55.3 Å². The molecule has 0 aliphatic heterocycles. The average Bonchev–Trinajstić information content (AvgIpc) is 3.24. The molecule has 0 aliphatic carbocycles. The van der Waals surface area contributed by atoms with Crippen LogP contribution < -0.4 is 5.32 Å². The summed E-state index contributed by atoms with van der Waals surface area (Å²) in [5.41, 5.74) is 3.83. The third kappa shape index (κ3) is 3.06. The van der Waals surface area contributed by atoms with E-state index < -0.39 is 0 Å². The second-order valence-corrected chi connectivity index (χ2v) is 6.95. The maximum absolute atomic E-state index is 12.5. The van der Waals surface area contributed by atoms with Crippen molar-refractivity contribution < 1.29 is 9.21 Å². The Hall–Kier alpha value is -2.92. The van der Waals surface area contributed by atoms with E-state index in [4.69, 9.17) is 4.42 Å². The first-order valence-corrected chi connectivity index (χ1v) is 8.76. The van der Waals surface area contributed by atoms with E-state index in [1.165, 1.54) is 0 Å². The van der Waals surface area contributed by atoms with Gasteiger partial charge in [0.25, 0.3) is 5.91 Å². The Bertz CT molecular complexity index is 1050. The summed E-state index contributed by atoms with van der Waals surface area (Å²) in [6, 6.07) is 17.3. The summed E-state index contributed by atoms with van der Waals surface area (Å²) in [5, 5.41) is 3.68. The highest BCUT2D eigenvalue weighted by atomic mass is 32.1. The first-order valence-electron chi connectivity index (χ1n) is 7.94. The van der Waals surface area contributed by atoms with Crippen molar-refractivity contribution in [3.63, 3.8) is 0 Å². The molecule has 0 atom stereocenters. The van der Waals surface area contributed by atoms with Crippen molar-refractivity contribution in [3.05, 3.63) is 71.5 Å². The van der Waals surface area contributed by atoms with Crippen molar-refractivity contribution in [1.29, 1.82) is 0 Å². The lowest BCUT2D eigenvalue weighted by molar-refractivity contribution is 0.0997. The molecule has 0 fully saturated rings. The van der Waals surface area contributed by atoms with Crippen LogP contribution in [0.15, 0.2) is 59.0 Å². The van der Waals surface area contributed by atoms with Gasteiger partial charge in [0, 0.05) is 5.69 Å². The Balaban J connectivity index is 1.60. The molecular formula is C20H16N2O2S. The predicted molar refractivity (Wildman–Crippen MR) is 101 cm³/mol. The molecule has 1 N–H and O–H groups in total. The van der Waals surface area contributed by atoms with Crippen molar-refractivity contribution in [3.8, 4) is 10.8 Å². The van der Waals surface area contributed by atoms with E-state index in [0.717, 1.165) is 32.0 Å². The molecule has 0 bridgehead atoms. The fourth-order valence-electron chi connectivity index (χ4n) is 2.61. The van der Waals surface area contributed by atoms with Crippen molar-refractivity contribution in [1.82, 2.24) is 4.98 Å². The number of furan rings is 1. The van der Waals surface area contributed by atoms with Gasteiger partial charge in [-0.3, -0.25) is 4.79 Å². The number of para-hydroxylation sites is 1. The van der Waals surface area contributed by atoms with Crippen molar-refractivity contribution in [2.75, 3.05) is 5.32 Å². The van der Waals surface area contributed by atoms with Gasteiger partial charge in [-0.1, -0.05) is 24.3 Å². The number of nitrogens with one attached hydrogen (secondary N) is 1. The highest BCUT2D eigenvalue weighted by molar-refractivity contribution is 7.21. The number of hydrogen-bond acceptors (Lipinski definition) is 4. The summed E-state index contributed by atoms with van der Waals surface area (Å²) in [5.74, 6) is 0.614. The Labute approximate surface area is 149 Å². The van der Waals surface area contributed by atoms with E-state index in [0.29, 0.717) is 5.76 Å². The molecule has 0 saturated heterocycles. The minimum absolute atomic E-state index is 0.263. The van der Waals surface area contributed by atoms with Gasteiger partial charge < -0.3 is 9.73 Å². The third-order valence-corrected chi connectivity index (χ3v) is 5.03. The molecule has 4 aromatic rings. The van der Waals surface area contributed by atoms with Crippen LogP contribution in [0.1, 0.15) is 21.7 Å². The van der Waals surface area contributed by atoms with Gasteiger partial charge in [0.1, 0.15) is 0 Å². The van der Waals surface area contributed by atoms with E-state index in [1.54, 1.807) is 23.5 Å². The number of hydrogen-bond donors (Lipinski definition) is 1. The van der Waals surface area contributed by atoms with Crippen LogP contribution in [0.3, 0.4) is 0 Å². The second kappa shape index (κ2) is 6.18. The molecule has 4 rings (SSSR count).